The third-order valence-corrected chi connectivity index (χ3v) is 5.21. The van der Waals surface area contributed by atoms with Crippen LogP contribution in [0.25, 0.3) is 0 Å². The molecule has 0 saturated carbocycles. The van der Waals surface area contributed by atoms with Gasteiger partial charge in [0.15, 0.2) is 0 Å². The third kappa shape index (κ3) is 3.92. The summed E-state index contributed by atoms with van der Waals surface area (Å²) in [6.45, 7) is 5.07. The molecule has 7 heteroatoms. The lowest BCUT2D eigenvalue weighted by atomic mass is 10.1. The van der Waals surface area contributed by atoms with Gasteiger partial charge in [-0.2, -0.15) is 0 Å². The summed E-state index contributed by atoms with van der Waals surface area (Å²) >= 11 is 0. The molecule has 0 bridgehead atoms. The van der Waals surface area contributed by atoms with Crippen molar-refractivity contribution in [3.05, 3.63) is 34.2 Å². The van der Waals surface area contributed by atoms with Gasteiger partial charge in [-0.1, -0.05) is 0 Å². The van der Waals surface area contributed by atoms with E-state index in [9.17, 15) is 14.4 Å². The predicted octanol–water partition coefficient (Wildman–Crippen LogP) is -0.0783. The Morgan fingerprint density at radius 1 is 1.12 bits per heavy atom. The number of aromatic nitrogens is 1. The second kappa shape index (κ2) is 7.39. The van der Waals surface area contributed by atoms with E-state index >= 15 is 0 Å². The summed E-state index contributed by atoms with van der Waals surface area (Å²) in [5, 5.41) is 0. The smallest absolute Gasteiger partial charge is 0.251 e. The molecule has 0 N–H and O–H groups in total. The first-order valence-corrected chi connectivity index (χ1v) is 8.89. The summed E-state index contributed by atoms with van der Waals surface area (Å²) in [5.41, 5.74) is 0.726. The fourth-order valence-electron chi connectivity index (χ4n) is 3.59. The largest absolute Gasteiger partial charge is 0.338 e. The number of nitrogens with zero attached hydrogens (tertiary/aromatic N) is 4. The number of carbonyl (C=O) groups excluding carboxylic acids is 2. The zero-order valence-electron chi connectivity index (χ0n) is 15.0. The van der Waals surface area contributed by atoms with Crippen LogP contribution < -0.4 is 5.56 Å². The minimum Gasteiger partial charge on any atom is -0.338 e. The monoisotopic (exact) mass is 346 g/mol. The molecule has 2 fully saturated rings. The highest BCUT2D eigenvalue weighted by molar-refractivity contribution is 5.83. The normalized spacial score (nSPS) is 21.6. The number of hydrogen-bond acceptors (Lipinski definition) is 4. The van der Waals surface area contributed by atoms with Gasteiger partial charge in [0.25, 0.3) is 5.56 Å². The minimum absolute atomic E-state index is 0.00612. The van der Waals surface area contributed by atoms with E-state index in [1.807, 2.05) is 24.9 Å². The lowest BCUT2D eigenvalue weighted by Crippen LogP contribution is -2.54. The van der Waals surface area contributed by atoms with Crippen molar-refractivity contribution in [1.29, 1.82) is 0 Å². The van der Waals surface area contributed by atoms with Crippen molar-refractivity contribution in [2.45, 2.75) is 32.4 Å². The Morgan fingerprint density at radius 3 is 2.40 bits per heavy atom. The second-order valence-corrected chi connectivity index (χ2v) is 7.01. The van der Waals surface area contributed by atoms with Gasteiger partial charge in [-0.3, -0.25) is 19.3 Å². The highest BCUT2D eigenvalue weighted by Crippen LogP contribution is 2.18. The van der Waals surface area contributed by atoms with E-state index in [2.05, 4.69) is 4.90 Å². The quantitative estimate of drug-likeness (QED) is 0.768. The molecule has 1 aromatic heterocycles. The molecular weight excluding hydrogens is 320 g/mol. The van der Waals surface area contributed by atoms with Gasteiger partial charge in [-0.25, -0.2) is 0 Å². The zero-order chi connectivity index (χ0) is 18.0. The Balaban J connectivity index is 1.54. The maximum absolute atomic E-state index is 12.6. The maximum Gasteiger partial charge on any atom is 0.251 e. The first kappa shape index (κ1) is 17.7. The van der Waals surface area contributed by atoms with Crippen molar-refractivity contribution < 1.29 is 9.59 Å². The highest BCUT2D eigenvalue weighted by Gasteiger charge is 2.33. The lowest BCUT2D eigenvalue weighted by molar-refractivity contribution is -0.142. The summed E-state index contributed by atoms with van der Waals surface area (Å²) < 4.78 is 1.43. The number of pyridine rings is 1. The summed E-state index contributed by atoms with van der Waals surface area (Å²) in [6.07, 6.45) is 3.65. The summed E-state index contributed by atoms with van der Waals surface area (Å²) in [4.78, 5) is 42.7. The van der Waals surface area contributed by atoms with E-state index < -0.39 is 0 Å². The fourth-order valence-corrected chi connectivity index (χ4v) is 3.59. The number of rotatable bonds is 3. The van der Waals surface area contributed by atoms with Gasteiger partial charge >= 0.3 is 0 Å². The van der Waals surface area contributed by atoms with Crippen LogP contribution in [-0.2, 0) is 16.1 Å². The Hall–Kier alpha value is -2.15. The average molecular weight is 346 g/mol. The number of likely N-dealkylation sites (tertiary alicyclic amines) is 1. The number of amides is 2. The average Bonchev–Trinajstić information content (AvgIpc) is 3.03. The Kier molecular flexibility index (Phi) is 5.22. The van der Waals surface area contributed by atoms with Crippen LogP contribution in [0.3, 0.4) is 0 Å². The molecular formula is C18H26N4O3. The third-order valence-electron chi connectivity index (χ3n) is 5.21. The predicted molar refractivity (Wildman–Crippen MR) is 94.3 cm³/mol. The maximum atomic E-state index is 12.6. The molecule has 2 amide bonds. The first-order chi connectivity index (χ1) is 12.0. The van der Waals surface area contributed by atoms with Crippen LogP contribution in [0.2, 0.25) is 0 Å². The van der Waals surface area contributed by atoms with Crippen LogP contribution in [0.1, 0.15) is 18.4 Å². The van der Waals surface area contributed by atoms with E-state index in [1.54, 1.807) is 11.1 Å². The fraction of sp³-hybridized carbons (Fsp3) is 0.611. The van der Waals surface area contributed by atoms with E-state index in [-0.39, 0.29) is 30.0 Å². The van der Waals surface area contributed by atoms with Gasteiger partial charge in [0, 0.05) is 38.4 Å². The van der Waals surface area contributed by atoms with Crippen LogP contribution >= 0.6 is 0 Å². The molecule has 0 radical (unpaired) electrons. The van der Waals surface area contributed by atoms with Crippen LogP contribution in [0.4, 0.5) is 0 Å². The number of carbonyl (C=O) groups is 2. The van der Waals surface area contributed by atoms with Gasteiger partial charge in [-0.05, 0) is 45.0 Å². The van der Waals surface area contributed by atoms with E-state index in [4.69, 9.17) is 0 Å². The molecule has 1 atom stereocenters. The van der Waals surface area contributed by atoms with Crippen LogP contribution in [0.15, 0.2) is 23.1 Å². The molecule has 3 rings (SSSR count). The number of aryl methyl sites for hydroxylation is 1. The van der Waals surface area contributed by atoms with Gasteiger partial charge in [-0.15, -0.1) is 0 Å². The van der Waals surface area contributed by atoms with Gasteiger partial charge in [0.1, 0.15) is 6.54 Å². The number of likely N-dealkylation sites (N-methyl/N-ethyl adjacent to an activating group) is 1. The van der Waals surface area contributed by atoms with Crippen molar-refractivity contribution in [1.82, 2.24) is 19.3 Å². The molecule has 2 saturated heterocycles. The summed E-state index contributed by atoms with van der Waals surface area (Å²) in [6, 6.07) is 3.35. The zero-order valence-corrected chi connectivity index (χ0v) is 15.0. The highest BCUT2D eigenvalue weighted by atomic mass is 16.2. The van der Waals surface area contributed by atoms with E-state index in [0.717, 1.165) is 24.9 Å². The van der Waals surface area contributed by atoms with Crippen molar-refractivity contribution in [2.75, 3.05) is 39.8 Å². The minimum atomic E-state index is -0.161. The molecule has 1 unspecified atom stereocenters. The number of hydrogen-bond donors (Lipinski definition) is 0. The standard InChI is InChI=1S/C18H26N4O3/c1-14-5-7-22(16(23)12-14)13-17(24)20-8-10-21(11-9-20)18(25)15-4-3-6-19(15)2/h5,7,12,15H,3-4,6,8-11,13H2,1-2H3. The summed E-state index contributed by atoms with van der Waals surface area (Å²) in [7, 11) is 1.99. The molecule has 2 aliphatic heterocycles. The van der Waals surface area contributed by atoms with Gasteiger partial charge in [0.2, 0.25) is 11.8 Å². The van der Waals surface area contributed by atoms with Crippen LogP contribution in [0, 0.1) is 6.92 Å². The van der Waals surface area contributed by atoms with E-state index in [0.29, 0.717) is 26.2 Å². The molecule has 136 valence electrons. The van der Waals surface area contributed by atoms with Crippen LogP contribution in [0.5, 0.6) is 0 Å². The molecule has 3 heterocycles. The topological polar surface area (TPSA) is 65.9 Å². The molecule has 0 aliphatic carbocycles. The van der Waals surface area contributed by atoms with Crippen molar-refractivity contribution in [3.63, 3.8) is 0 Å². The van der Waals surface area contributed by atoms with Crippen molar-refractivity contribution in [2.24, 2.45) is 0 Å². The Morgan fingerprint density at radius 2 is 1.80 bits per heavy atom. The molecule has 25 heavy (non-hydrogen) atoms. The van der Waals surface area contributed by atoms with Gasteiger partial charge < -0.3 is 14.4 Å². The molecule has 7 nitrogen and oxygen atoms in total. The van der Waals surface area contributed by atoms with Gasteiger partial charge in [0.05, 0.1) is 6.04 Å². The van der Waals surface area contributed by atoms with Crippen LogP contribution in [-0.4, -0.2) is 76.9 Å². The Labute approximate surface area is 147 Å². The summed E-state index contributed by atoms with van der Waals surface area (Å²) in [5.74, 6) is 0.109. The Bertz CT molecular complexity index is 707. The SMILES string of the molecule is Cc1ccn(CC(=O)N2CCN(C(=O)C3CCCN3C)CC2)c(=O)c1. The molecule has 1 aromatic rings. The number of piperazine rings is 1. The second-order valence-electron chi connectivity index (χ2n) is 7.01. The van der Waals surface area contributed by atoms with Crippen molar-refractivity contribution >= 4 is 11.8 Å². The van der Waals surface area contributed by atoms with E-state index in [1.165, 1.54) is 10.6 Å². The van der Waals surface area contributed by atoms with Crippen molar-refractivity contribution in [3.8, 4) is 0 Å². The molecule has 0 aromatic carbocycles. The molecule has 0 spiro atoms. The first-order valence-electron chi connectivity index (χ1n) is 8.89. The lowest BCUT2D eigenvalue weighted by Gasteiger charge is -2.37. The molecule has 2 aliphatic rings.